The SMILES string of the molecule is COc1ccccc1C(=O)NN=Cc1c(C)n(Cc2ccccc2)c2ccccc12. The molecule has 0 aliphatic carbocycles. The molecular weight excluding hydrogens is 374 g/mol. The Hall–Kier alpha value is -3.86. The Kier molecular flexibility index (Phi) is 5.61. The molecule has 4 rings (SSSR count). The highest BCUT2D eigenvalue weighted by Gasteiger charge is 2.14. The summed E-state index contributed by atoms with van der Waals surface area (Å²) in [5, 5.41) is 5.33. The Labute approximate surface area is 175 Å². The van der Waals surface area contributed by atoms with Gasteiger partial charge in [0.2, 0.25) is 0 Å². The number of carbonyl (C=O) groups excluding carboxylic acids is 1. The topological polar surface area (TPSA) is 55.6 Å². The lowest BCUT2D eigenvalue weighted by molar-refractivity contribution is 0.0952. The molecule has 0 aliphatic heterocycles. The molecule has 5 heteroatoms. The zero-order valence-electron chi connectivity index (χ0n) is 17.0. The first-order chi connectivity index (χ1) is 14.7. The molecule has 0 fully saturated rings. The summed E-state index contributed by atoms with van der Waals surface area (Å²) in [4.78, 5) is 12.5. The van der Waals surface area contributed by atoms with Crippen LogP contribution in [0, 0.1) is 6.92 Å². The Morgan fingerprint density at radius 1 is 1.00 bits per heavy atom. The van der Waals surface area contributed by atoms with Crippen LogP contribution in [0.5, 0.6) is 5.75 Å². The van der Waals surface area contributed by atoms with Gasteiger partial charge in [0.1, 0.15) is 5.75 Å². The third-order valence-electron chi connectivity index (χ3n) is 5.17. The summed E-state index contributed by atoms with van der Waals surface area (Å²) in [7, 11) is 1.54. The van der Waals surface area contributed by atoms with Crippen molar-refractivity contribution in [3.63, 3.8) is 0 Å². The average molecular weight is 397 g/mol. The molecule has 5 nitrogen and oxygen atoms in total. The number of nitrogens with zero attached hydrogens (tertiary/aromatic N) is 2. The molecule has 0 spiro atoms. The fourth-order valence-electron chi connectivity index (χ4n) is 3.64. The van der Waals surface area contributed by atoms with Gasteiger partial charge in [-0.2, -0.15) is 5.10 Å². The van der Waals surface area contributed by atoms with E-state index in [0.29, 0.717) is 11.3 Å². The number of carbonyl (C=O) groups is 1. The predicted molar refractivity (Wildman–Crippen MR) is 120 cm³/mol. The van der Waals surface area contributed by atoms with Gasteiger partial charge in [-0.3, -0.25) is 4.79 Å². The number of methoxy groups -OCH3 is 1. The van der Waals surface area contributed by atoms with Crippen LogP contribution in [0.4, 0.5) is 0 Å². The van der Waals surface area contributed by atoms with Crippen molar-refractivity contribution in [2.24, 2.45) is 5.10 Å². The Bertz CT molecular complexity index is 1210. The molecule has 30 heavy (non-hydrogen) atoms. The third kappa shape index (κ3) is 3.82. The maximum Gasteiger partial charge on any atom is 0.275 e. The molecular formula is C25H23N3O2. The first kappa shape index (κ1) is 19.5. The lowest BCUT2D eigenvalue weighted by Crippen LogP contribution is -2.18. The number of para-hydroxylation sites is 2. The van der Waals surface area contributed by atoms with Gasteiger partial charge in [-0.25, -0.2) is 5.43 Å². The second kappa shape index (κ2) is 8.66. The van der Waals surface area contributed by atoms with Crippen molar-refractivity contribution in [3.8, 4) is 5.75 Å². The lowest BCUT2D eigenvalue weighted by atomic mass is 10.1. The zero-order valence-corrected chi connectivity index (χ0v) is 17.0. The van der Waals surface area contributed by atoms with Gasteiger partial charge in [0, 0.05) is 28.7 Å². The van der Waals surface area contributed by atoms with Crippen molar-refractivity contribution < 1.29 is 9.53 Å². The maximum absolute atomic E-state index is 12.5. The normalized spacial score (nSPS) is 11.1. The second-order valence-corrected chi connectivity index (χ2v) is 6.99. The van der Waals surface area contributed by atoms with Crippen LogP contribution in [0.2, 0.25) is 0 Å². The van der Waals surface area contributed by atoms with Gasteiger partial charge in [-0.15, -0.1) is 0 Å². The summed E-state index contributed by atoms with van der Waals surface area (Å²) in [5.74, 6) is 0.204. The van der Waals surface area contributed by atoms with Crippen LogP contribution in [-0.2, 0) is 6.54 Å². The minimum absolute atomic E-state index is 0.311. The molecule has 3 aromatic carbocycles. The molecule has 1 N–H and O–H groups in total. The number of aromatic nitrogens is 1. The number of hydrogen-bond donors (Lipinski definition) is 1. The van der Waals surface area contributed by atoms with E-state index >= 15 is 0 Å². The quantitative estimate of drug-likeness (QED) is 0.376. The fourth-order valence-corrected chi connectivity index (χ4v) is 3.64. The van der Waals surface area contributed by atoms with Crippen LogP contribution in [-0.4, -0.2) is 23.8 Å². The van der Waals surface area contributed by atoms with Crippen LogP contribution in [0.25, 0.3) is 10.9 Å². The summed E-state index contributed by atoms with van der Waals surface area (Å²) in [6.07, 6.45) is 1.71. The third-order valence-corrected chi connectivity index (χ3v) is 5.17. The van der Waals surface area contributed by atoms with Crippen molar-refractivity contribution >= 4 is 23.0 Å². The minimum atomic E-state index is -0.311. The Balaban J connectivity index is 1.63. The lowest BCUT2D eigenvalue weighted by Gasteiger charge is -2.08. The minimum Gasteiger partial charge on any atom is -0.496 e. The first-order valence-electron chi connectivity index (χ1n) is 9.77. The summed E-state index contributed by atoms with van der Waals surface area (Å²) in [6, 6.07) is 25.7. The highest BCUT2D eigenvalue weighted by molar-refractivity contribution is 6.02. The maximum atomic E-state index is 12.5. The molecule has 1 aromatic heterocycles. The van der Waals surface area contributed by atoms with E-state index in [0.717, 1.165) is 28.7 Å². The number of nitrogens with one attached hydrogen (secondary N) is 1. The van der Waals surface area contributed by atoms with Crippen LogP contribution in [0.15, 0.2) is 84.0 Å². The molecule has 0 saturated heterocycles. The molecule has 150 valence electrons. The van der Waals surface area contributed by atoms with E-state index in [1.807, 2.05) is 36.4 Å². The van der Waals surface area contributed by atoms with Gasteiger partial charge in [-0.05, 0) is 30.7 Å². The standard InChI is InChI=1S/C25H23N3O2/c1-18-22(16-26-27-25(29)21-13-7-9-15-24(21)30-2)20-12-6-8-14-23(20)28(18)17-19-10-4-3-5-11-19/h3-16H,17H2,1-2H3,(H,27,29). The van der Waals surface area contributed by atoms with E-state index in [2.05, 4.69) is 46.3 Å². The van der Waals surface area contributed by atoms with E-state index in [4.69, 9.17) is 4.74 Å². The Morgan fingerprint density at radius 2 is 1.70 bits per heavy atom. The van der Waals surface area contributed by atoms with Crippen LogP contribution in [0.3, 0.4) is 0 Å². The summed E-state index contributed by atoms with van der Waals surface area (Å²) < 4.78 is 7.52. The van der Waals surface area contributed by atoms with Crippen molar-refractivity contribution in [2.45, 2.75) is 13.5 Å². The van der Waals surface area contributed by atoms with E-state index in [9.17, 15) is 4.79 Å². The number of hydrazone groups is 1. The smallest absolute Gasteiger partial charge is 0.275 e. The van der Waals surface area contributed by atoms with Crippen molar-refractivity contribution in [1.29, 1.82) is 0 Å². The summed E-state index contributed by atoms with van der Waals surface area (Å²) >= 11 is 0. The molecule has 0 atom stereocenters. The number of rotatable bonds is 6. The summed E-state index contributed by atoms with van der Waals surface area (Å²) in [6.45, 7) is 2.85. The number of ether oxygens (including phenoxy) is 1. The molecule has 0 aliphatic rings. The van der Waals surface area contributed by atoms with Gasteiger partial charge in [0.05, 0.1) is 18.9 Å². The van der Waals surface area contributed by atoms with E-state index in [1.165, 1.54) is 5.56 Å². The van der Waals surface area contributed by atoms with Crippen LogP contribution in [0.1, 0.15) is 27.2 Å². The van der Waals surface area contributed by atoms with Crippen LogP contribution < -0.4 is 10.2 Å². The van der Waals surface area contributed by atoms with Crippen molar-refractivity contribution in [2.75, 3.05) is 7.11 Å². The molecule has 1 amide bonds. The molecule has 0 unspecified atom stereocenters. The number of benzene rings is 3. The molecule has 1 heterocycles. The van der Waals surface area contributed by atoms with Crippen molar-refractivity contribution in [1.82, 2.24) is 9.99 Å². The van der Waals surface area contributed by atoms with Gasteiger partial charge in [0.15, 0.2) is 0 Å². The molecule has 0 saturated carbocycles. The number of fused-ring (bicyclic) bond motifs is 1. The highest BCUT2D eigenvalue weighted by Crippen LogP contribution is 2.25. The fraction of sp³-hybridized carbons (Fsp3) is 0.120. The van der Waals surface area contributed by atoms with Gasteiger partial charge >= 0.3 is 0 Å². The van der Waals surface area contributed by atoms with E-state index in [-0.39, 0.29) is 5.91 Å². The highest BCUT2D eigenvalue weighted by atomic mass is 16.5. The molecule has 0 radical (unpaired) electrons. The zero-order chi connectivity index (χ0) is 20.9. The van der Waals surface area contributed by atoms with Crippen molar-refractivity contribution in [3.05, 3.63) is 101 Å². The monoisotopic (exact) mass is 397 g/mol. The van der Waals surface area contributed by atoms with E-state index in [1.54, 1.807) is 31.5 Å². The summed E-state index contributed by atoms with van der Waals surface area (Å²) in [5.41, 5.74) is 7.51. The number of hydrogen-bond acceptors (Lipinski definition) is 3. The largest absolute Gasteiger partial charge is 0.496 e. The second-order valence-electron chi connectivity index (χ2n) is 6.99. The van der Waals surface area contributed by atoms with Gasteiger partial charge in [0.25, 0.3) is 5.91 Å². The first-order valence-corrected chi connectivity index (χ1v) is 9.77. The Morgan fingerprint density at radius 3 is 2.50 bits per heavy atom. The predicted octanol–water partition coefficient (Wildman–Crippen LogP) is 4.77. The van der Waals surface area contributed by atoms with E-state index < -0.39 is 0 Å². The number of amides is 1. The average Bonchev–Trinajstić information content (AvgIpc) is 3.05. The molecule has 4 aromatic rings. The molecule has 0 bridgehead atoms. The van der Waals surface area contributed by atoms with Crippen LogP contribution >= 0.6 is 0 Å². The van der Waals surface area contributed by atoms with Gasteiger partial charge < -0.3 is 9.30 Å². The van der Waals surface area contributed by atoms with Gasteiger partial charge in [-0.1, -0.05) is 60.7 Å².